The number of aliphatic imine (C=N–C) groups is 1. The first-order valence-electron chi connectivity index (χ1n) is 11.0. The van der Waals surface area contributed by atoms with Crippen LogP contribution in [0.5, 0.6) is 5.75 Å². The van der Waals surface area contributed by atoms with E-state index in [1.54, 1.807) is 7.11 Å². The molecule has 0 bridgehead atoms. The van der Waals surface area contributed by atoms with Crippen molar-refractivity contribution in [2.45, 2.75) is 38.1 Å². The molecule has 0 saturated carbocycles. The van der Waals surface area contributed by atoms with Crippen molar-refractivity contribution >= 4 is 29.9 Å². The van der Waals surface area contributed by atoms with Gasteiger partial charge >= 0.3 is 0 Å². The molecule has 1 aromatic carbocycles. The lowest BCUT2D eigenvalue weighted by Crippen LogP contribution is -2.44. The standard InChI is InChI=1S/C23H36N6O.HI/c1-24-23(25-13-7-8-19-16-27-28(2)18-19)26-17-22(29-14-5-4-6-15-29)20-9-11-21(30-3)12-10-20;/h9-12,16,18,22H,4-8,13-15,17H2,1-3H3,(H2,24,25,26);1H. The first-order chi connectivity index (χ1) is 14.7. The number of ether oxygens (including phenoxy) is 1. The Morgan fingerprint density at radius 3 is 2.52 bits per heavy atom. The highest BCUT2D eigenvalue weighted by molar-refractivity contribution is 14.0. The molecular formula is C23H37IN6O. The highest BCUT2D eigenvalue weighted by Gasteiger charge is 2.22. The van der Waals surface area contributed by atoms with Crippen LogP contribution < -0.4 is 15.4 Å². The van der Waals surface area contributed by atoms with Gasteiger partial charge in [-0.2, -0.15) is 5.10 Å². The molecule has 3 rings (SSSR count). The van der Waals surface area contributed by atoms with Crippen LogP contribution in [-0.4, -0.2) is 61.0 Å². The van der Waals surface area contributed by atoms with E-state index < -0.39 is 0 Å². The number of hydrogen-bond donors (Lipinski definition) is 2. The fourth-order valence-electron chi connectivity index (χ4n) is 4.03. The van der Waals surface area contributed by atoms with E-state index in [9.17, 15) is 0 Å². The molecule has 1 fully saturated rings. The minimum Gasteiger partial charge on any atom is -0.497 e. The molecular weight excluding hydrogens is 503 g/mol. The Balaban J connectivity index is 0.00000341. The van der Waals surface area contributed by atoms with Crippen LogP contribution in [-0.2, 0) is 13.5 Å². The molecule has 31 heavy (non-hydrogen) atoms. The van der Waals surface area contributed by atoms with Gasteiger partial charge in [-0.25, -0.2) is 0 Å². The Hall–Kier alpha value is -1.81. The second kappa shape index (κ2) is 13.6. The summed E-state index contributed by atoms with van der Waals surface area (Å²) >= 11 is 0. The maximum Gasteiger partial charge on any atom is 0.191 e. The summed E-state index contributed by atoms with van der Waals surface area (Å²) in [6.07, 6.45) is 9.94. The van der Waals surface area contributed by atoms with Crippen LogP contribution >= 0.6 is 24.0 Å². The van der Waals surface area contributed by atoms with Crippen molar-refractivity contribution in [2.75, 3.05) is 40.3 Å². The summed E-state index contributed by atoms with van der Waals surface area (Å²) in [5.74, 6) is 1.76. The number of hydrogen-bond acceptors (Lipinski definition) is 4. The van der Waals surface area contributed by atoms with Gasteiger partial charge in [-0.05, 0) is 62.0 Å². The first-order valence-corrected chi connectivity index (χ1v) is 11.0. The molecule has 1 aliphatic rings. The zero-order valence-corrected chi connectivity index (χ0v) is 21.3. The topological polar surface area (TPSA) is 66.7 Å². The minimum absolute atomic E-state index is 0. The Bertz CT molecular complexity index is 786. The molecule has 0 amide bonds. The predicted molar refractivity (Wildman–Crippen MR) is 137 cm³/mol. The molecule has 1 atom stereocenters. The SMILES string of the molecule is CN=C(NCCCc1cnn(C)c1)NCC(c1ccc(OC)cc1)N1CCCCC1.I. The maximum atomic E-state index is 5.33. The zero-order valence-electron chi connectivity index (χ0n) is 19.0. The predicted octanol–water partition coefficient (Wildman–Crippen LogP) is 3.37. The van der Waals surface area contributed by atoms with Gasteiger partial charge in [-0.3, -0.25) is 14.6 Å². The third-order valence-corrected chi connectivity index (χ3v) is 5.71. The highest BCUT2D eigenvalue weighted by Crippen LogP contribution is 2.25. The number of nitrogens with one attached hydrogen (secondary N) is 2. The Morgan fingerprint density at radius 2 is 1.90 bits per heavy atom. The van der Waals surface area contributed by atoms with Crippen molar-refractivity contribution < 1.29 is 4.74 Å². The fourth-order valence-corrected chi connectivity index (χ4v) is 4.03. The molecule has 2 N–H and O–H groups in total. The smallest absolute Gasteiger partial charge is 0.191 e. The van der Waals surface area contributed by atoms with Gasteiger partial charge in [0.15, 0.2) is 5.96 Å². The Kier molecular flexibility index (Phi) is 11.1. The second-order valence-electron chi connectivity index (χ2n) is 7.89. The van der Waals surface area contributed by atoms with Crippen molar-refractivity contribution in [2.24, 2.45) is 12.0 Å². The fraction of sp³-hybridized carbons (Fsp3) is 0.565. The molecule has 0 radical (unpaired) electrons. The number of benzene rings is 1. The number of methoxy groups -OCH3 is 1. The van der Waals surface area contributed by atoms with Gasteiger partial charge in [-0.1, -0.05) is 18.6 Å². The van der Waals surface area contributed by atoms with Crippen molar-refractivity contribution in [3.8, 4) is 5.75 Å². The Labute approximate surface area is 203 Å². The summed E-state index contributed by atoms with van der Waals surface area (Å²) in [7, 11) is 5.50. The molecule has 2 aromatic rings. The van der Waals surface area contributed by atoms with E-state index in [1.807, 2.05) is 25.0 Å². The van der Waals surface area contributed by atoms with Crippen LogP contribution in [0.25, 0.3) is 0 Å². The molecule has 8 heteroatoms. The third kappa shape index (κ3) is 7.99. The molecule has 2 heterocycles. The quantitative estimate of drug-likeness (QED) is 0.221. The number of aromatic nitrogens is 2. The van der Waals surface area contributed by atoms with Crippen LogP contribution in [0.2, 0.25) is 0 Å². The molecule has 7 nitrogen and oxygen atoms in total. The number of halogens is 1. The van der Waals surface area contributed by atoms with E-state index in [-0.39, 0.29) is 24.0 Å². The summed E-state index contributed by atoms with van der Waals surface area (Å²) < 4.78 is 7.18. The third-order valence-electron chi connectivity index (χ3n) is 5.71. The largest absolute Gasteiger partial charge is 0.497 e. The summed E-state index contributed by atoms with van der Waals surface area (Å²) in [6.45, 7) is 4.01. The molecule has 172 valence electrons. The average Bonchev–Trinajstić information content (AvgIpc) is 3.21. The lowest BCUT2D eigenvalue weighted by molar-refractivity contribution is 0.164. The maximum absolute atomic E-state index is 5.33. The molecule has 1 saturated heterocycles. The van der Waals surface area contributed by atoms with Gasteiger partial charge in [0.05, 0.1) is 19.3 Å². The van der Waals surface area contributed by atoms with E-state index in [0.29, 0.717) is 6.04 Å². The van der Waals surface area contributed by atoms with Crippen molar-refractivity contribution in [3.05, 3.63) is 47.8 Å². The van der Waals surface area contributed by atoms with E-state index >= 15 is 0 Å². The molecule has 1 aliphatic heterocycles. The molecule has 1 aromatic heterocycles. The highest BCUT2D eigenvalue weighted by atomic mass is 127. The summed E-state index contributed by atoms with van der Waals surface area (Å²) in [6, 6.07) is 8.80. The zero-order chi connectivity index (χ0) is 21.2. The van der Waals surface area contributed by atoms with E-state index in [2.05, 4.69) is 56.1 Å². The van der Waals surface area contributed by atoms with Gasteiger partial charge in [-0.15, -0.1) is 24.0 Å². The van der Waals surface area contributed by atoms with Crippen LogP contribution in [0.3, 0.4) is 0 Å². The number of aryl methyl sites for hydroxylation is 2. The van der Waals surface area contributed by atoms with Gasteiger partial charge in [0, 0.05) is 33.4 Å². The van der Waals surface area contributed by atoms with E-state index in [0.717, 1.165) is 50.7 Å². The summed E-state index contributed by atoms with van der Waals surface area (Å²) in [4.78, 5) is 7.01. The number of piperidine rings is 1. The Morgan fingerprint density at radius 1 is 1.16 bits per heavy atom. The summed E-state index contributed by atoms with van der Waals surface area (Å²) in [5, 5.41) is 11.2. The number of likely N-dealkylation sites (tertiary alicyclic amines) is 1. The van der Waals surface area contributed by atoms with E-state index in [4.69, 9.17) is 4.74 Å². The molecule has 1 unspecified atom stereocenters. The van der Waals surface area contributed by atoms with Gasteiger partial charge in [0.1, 0.15) is 5.75 Å². The van der Waals surface area contributed by atoms with Crippen molar-refractivity contribution in [1.82, 2.24) is 25.3 Å². The van der Waals surface area contributed by atoms with Crippen molar-refractivity contribution in [3.63, 3.8) is 0 Å². The van der Waals surface area contributed by atoms with Gasteiger partial charge in [0.25, 0.3) is 0 Å². The lowest BCUT2D eigenvalue weighted by Gasteiger charge is -2.35. The van der Waals surface area contributed by atoms with Crippen molar-refractivity contribution in [1.29, 1.82) is 0 Å². The normalized spacial score (nSPS) is 15.8. The van der Waals surface area contributed by atoms with Crippen LogP contribution in [0.1, 0.15) is 42.9 Å². The summed E-state index contributed by atoms with van der Waals surface area (Å²) in [5.41, 5.74) is 2.59. The average molecular weight is 540 g/mol. The van der Waals surface area contributed by atoms with E-state index in [1.165, 1.54) is 30.4 Å². The number of rotatable bonds is 9. The molecule has 0 aliphatic carbocycles. The minimum atomic E-state index is 0. The molecule has 0 spiro atoms. The van der Waals surface area contributed by atoms with Crippen LogP contribution in [0, 0.1) is 0 Å². The van der Waals surface area contributed by atoms with Crippen LogP contribution in [0.15, 0.2) is 41.7 Å². The van der Waals surface area contributed by atoms with Crippen LogP contribution in [0.4, 0.5) is 0 Å². The second-order valence-corrected chi connectivity index (χ2v) is 7.89. The number of nitrogens with zero attached hydrogens (tertiary/aromatic N) is 4. The first kappa shape index (κ1) is 25.5. The van der Waals surface area contributed by atoms with Gasteiger partial charge in [0.2, 0.25) is 0 Å². The van der Waals surface area contributed by atoms with Gasteiger partial charge < -0.3 is 15.4 Å². The number of guanidine groups is 1. The monoisotopic (exact) mass is 540 g/mol. The lowest BCUT2D eigenvalue weighted by atomic mass is 10.0.